The van der Waals surface area contributed by atoms with Crippen LogP contribution in [-0.4, -0.2) is 61.1 Å². The number of morpholine rings is 1. The molecule has 0 spiro atoms. The first-order valence-corrected chi connectivity index (χ1v) is 6.31. The lowest BCUT2D eigenvalue weighted by molar-refractivity contribution is -0.137. The minimum atomic E-state index is -0.0572. The molecule has 0 aromatic carbocycles. The molecule has 4 heteroatoms. The molecule has 1 saturated heterocycles. The van der Waals surface area contributed by atoms with Crippen LogP contribution in [0.1, 0.15) is 20.8 Å². The van der Waals surface area contributed by atoms with Gasteiger partial charge < -0.3 is 9.64 Å². The van der Waals surface area contributed by atoms with E-state index in [0.29, 0.717) is 6.54 Å². The van der Waals surface area contributed by atoms with E-state index in [1.807, 2.05) is 25.7 Å². The fourth-order valence-electron chi connectivity index (χ4n) is 2.06. The summed E-state index contributed by atoms with van der Waals surface area (Å²) >= 11 is 0. The Morgan fingerprint density at radius 2 is 2.06 bits per heavy atom. The maximum atomic E-state index is 12.3. The Kier molecular flexibility index (Phi) is 5.65. The van der Waals surface area contributed by atoms with Gasteiger partial charge in [-0.15, -0.1) is 0 Å². The van der Waals surface area contributed by atoms with Crippen molar-refractivity contribution in [2.24, 2.45) is 0 Å². The average Bonchev–Trinajstić information content (AvgIpc) is 2.35. The van der Waals surface area contributed by atoms with Gasteiger partial charge in [-0.2, -0.15) is 0 Å². The summed E-state index contributed by atoms with van der Waals surface area (Å²) in [6.45, 7) is 14.3. The highest BCUT2D eigenvalue weighted by Gasteiger charge is 2.26. The Morgan fingerprint density at radius 3 is 2.53 bits per heavy atom. The summed E-state index contributed by atoms with van der Waals surface area (Å²) in [5.41, 5.74) is 1.02. The van der Waals surface area contributed by atoms with E-state index in [-0.39, 0.29) is 11.9 Å². The summed E-state index contributed by atoms with van der Waals surface area (Å²) in [7, 11) is 0. The van der Waals surface area contributed by atoms with Crippen LogP contribution in [0.4, 0.5) is 0 Å². The van der Waals surface area contributed by atoms with Gasteiger partial charge in [0, 0.05) is 26.2 Å². The van der Waals surface area contributed by atoms with Crippen molar-refractivity contribution in [3.05, 3.63) is 12.2 Å². The number of carbonyl (C=O) groups is 1. The Bertz CT molecular complexity index is 273. The second-order valence-electron chi connectivity index (χ2n) is 4.63. The van der Waals surface area contributed by atoms with Crippen LogP contribution in [0.2, 0.25) is 0 Å². The number of rotatable bonds is 5. The van der Waals surface area contributed by atoms with E-state index in [1.165, 1.54) is 0 Å². The zero-order chi connectivity index (χ0) is 12.8. The molecular weight excluding hydrogens is 216 g/mol. The predicted octanol–water partition coefficient (Wildman–Crippen LogP) is 1.13. The quantitative estimate of drug-likeness (QED) is 0.675. The van der Waals surface area contributed by atoms with Crippen molar-refractivity contribution in [1.82, 2.24) is 9.80 Å². The summed E-state index contributed by atoms with van der Waals surface area (Å²) in [5.74, 6) is 0.192. The molecule has 17 heavy (non-hydrogen) atoms. The first-order chi connectivity index (χ1) is 8.06. The molecule has 1 aliphatic rings. The van der Waals surface area contributed by atoms with Crippen molar-refractivity contribution in [2.45, 2.75) is 26.8 Å². The van der Waals surface area contributed by atoms with E-state index in [4.69, 9.17) is 4.74 Å². The minimum absolute atomic E-state index is 0.0572. The van der Waals surface area contributed by atoms with Crippen LogP contribution in [0, 0.1) is 0 Å². The van der Waals surface area contributed by atoms with Gasteiger partial charge >= 0.3 is 0 Å². The van der Waals surface area contributed by atoms with E-state index < -0.39 is 0 Å². The van der Waals surface area contributed by atoms with Gasteiger partial charge in [0.2, 0.25) is 5.91 Å². The SMILES string of the molecule is C=C(C)CN(CC)C(=O)C(C)N1CCOCC1. The molecule has 0 N–H and O–H groups in total. The normalized spacial score (nSPS) is 18.8. The standard InChI is InChI=1S/C13H24N2O2/c1-5-14(10-11(2)3)13(16)12(4)15-6-8-17-9-7-15/h12H,2,5-10H2,1,3-4H3. The third-order valence-corrected chi connectivity index (χ3v) is 3.10. The van der Waals surface area contributed by atoms with E-state index in [9.17, 15) is 4.79 Å². The van der Waals surface area contributed by atoms with Crippen LogP contribution < -0.4 is 0 Å². The van der Waals surface area contributed by atoms with E-state index in [2.05, 4.69) is 11.5 Å². The maximum absolute atomic E-state index is 12.3. The molecule has 1 aliphatic heterocycles. The van der Waals surface area contributed by atoms with E-state index >= 15 is 0 Å². The van der Waals surface area contributed by atoms with Crippen molar-refractivity contribution >= 4 is 5.91 Å². The summed E-state index contributed by atoms with van der Waals surface area (Å²) in [6, 6.07) is -0.0572. The average molecular weight is 240 g/mol. The second kappa shape index (κ2) is 6.77. The van der Waals surface area contributed by atoms with Gasteiger partial charge in [-0.05, 0) is 20.8 Å². The van der Waals surface area contributed by atoms with Gasteiger partial charge in [-0.1, -0.05) is 12.2 Å². The molecule has 1 fully saturated rings. The van der Waals surface area contributed by atoms with Crippen LogP contribution in [0.3, 0.4) is 0 Å². The molecule has 98 valence electrons. The van der Waals surface area contributed by atoms with Crippen LogP contribution in [-0.2, 0) is 9.53 Å². The highest BCUT2D eigenvalue weighted by molar-refractivity contribution is 5.81. The Labute approximate surface area is 104 Å². The van der Waals surface area contributed by atoms with Gasteiger partial charge in [-0.25, -0.2) is 0 Å². The van der Waals surface area contributed by atoms with Crippen molar-refractivity contribution in [1.29, 1.82) is 0 Å². The van der Waals surface area contributed by atoms with Crippen LogP contribution in [0.5, 0.6) is 0 Å². The molecule has 0 radical (unpaired) electrons. The topological polar surface area (TPSA) is 32.8 Å². The highest BCUT2D eigenvalue weighted by atomic mass is 16.5. The number of nitrogens with zero attached hydrogens (tertiary/aromatic N) is 2. The molecule has 0 saturated carbocycles. The highest BCUT2D eigenvalue weighted by Crippen LogP contribution is 2.08. The van der Waals surface area contributed by atoms with Crippen molar-refractivity contribution in [3.8, 4) is 0 Å². The lowest BCUT2D eigenvalue weighted by Gasteiger charge is -2.34. The van der Waals surface area contributed by atoms with Crippen LogP contribution in [0.25, 0.3) is 0 Å². The van der Waals surface area contributed by atoms with E-state index in [0.717, 1.165) is 38.4 Å². The first kappa shape index (κ1) is 14.2. The maximum Gasteiger partial charge on any atom is 0.239 e. The third kappa shape index (κ3) is 4.13. The number of carbonyl (C=O) groups excluding carboxylic acids is 1. The summed E-state index contributed by atoms with van der Waals surface area (Å²) < 4.78 is 5.30. The Balaban J connectivity index is 2.56. The largest absolute Gasteiger partial charge is 0.379 e. The van der Waals surface area contributed by atoms with Crippen molar-refractivity contribution < 1.29 is 9.53 Å². The van der Waals surface area contributed by atoms with Gasteiger partial charge in [0.25, 0.3) is 0 Å². The lowest BCUT2D eigenvalue weighted by atomic mass is 10.2. The third-order valence-electron chi connectivity index (χ3n) is 3.10. The molecule has 0 aliphatic carbocycles. The Morgan fingerprint density at radius 1 is 1.47 bits per heavy atom. The van der Waals surface area contributed by atoms with Gasteiger partial charge in [0.15, 0.2) is 0 Å². The molecule has 1 unspecified atom stereocenters. The minimum Gasteiger partial charge on any atom is -0.379 e. The molecule has 4 nitrogen and oxygen atoms in total. The zero-order valence-corrected chi connectivity index (χ0v) is 11.2. The fourth-order valence-corrected chi connectivity index (χ4v) is 2.06. The van der Waals surface area contributed by atoms with Crippen molar-refractivity contribution in [3.63, 3.8) is 0 Å². The van der Waals surface area contributed by atoms with Gasteiger partial charge in [-0.3, -0.25) is 9.69 Å². The zero-order valence-electron chi connectivity index (χ0n) is 11.2. The molecule has 1 amide bonds. The first-order valence-electron chi connectivity index (χ1n) is 6.31. The summed E-state index contributed by atoms with van der Waals surface area (Å²) in [5, 5.41) is 0. The molecule has 0 aromatic rings. The number of likely N-dealkylation sites (N-methyl/N-ethyl adjacent to an activating group) is 1. The predicted molar refractivity (Wildman–Crippen MR) is 68.9 cm³/mol. The molecule has 1 heterocycles. The summed E-state index contributed by atoms with van der Waals surface area (Å²) in [6.07, 6.45) is 0. The molecular formula is C13H24N2O2. The van der Waals surface area contributed by atoms with E-state index in [1.54, 1.807) is 0 Å². The van der Waals surface area contributed by atoms with Crippen LogP contribution in [0.15, 0.2) is 12.2 Å². The van der Waals surface area contributed by atoms with Gasteiger partial charge in [0.05, 0.1) is 19.3 Å². The number of amides is 1. The van der Waals surface area contributed by atoms with Crippen molar-refractivity contribution in [2.75, 3.05) is 39.4 Å². The van der Waals surface area contributed by atoms with Gasteiger partial charge in [0.1, 0.15) is 0 Å². The Hall–Kier alpha value is -0.870. The number of hydrogen-bond donors (Lipinski definition) is 0. The molecule has 0 aromatic heterocycles. The molecule has 1 atom stereocenters. The molecule has 0 bridgehead atoms. The lowest BCUT2D eigenvalue weighted by Crippen LogP contribution is -2.51. The fraction of sp³-hybridized carbons (Fsp3) is 0.769. The van der Waals surface area contributed by atoms with Crippen LogP contribution >= 0.6 is 0 Å². The molecule has 1 rings (SSSR count). The number of ether oxygens (including phenoxy) is 1. The second-order valence-corrected chi connectivity index (χ2v) is 4.63. The number of hydrogen-bond acceptors (Lipinski definition) is 3. The smallest absolute Gasteiger partial charge is 0.239 e. The summed E-state index contributed by atoms with van der Waals surface area (Å²) in [4.78, 5) is 16.4. The monoisotopic (exact) mass is 240 g/mol.